The van der Waals surface area contributed by atoms with E-state index in [0.717, 1.165) is 6.07 Å². The summed E-state index contributed by atoms with van der Waals surface area (Å²) in [6.45, 7) is 0. The van der Waals surface area contributed by atoms with Crippen molar-refractivity contribution in [2.45, 2.75) is 0 Å². The summed E-state index contributed by atoms with van der Waals surface area (Å²) in [5.74, 6) is -0.803. The van der Waals surface area contributed by atoms with E-state index in [0.29, 0.717) is 22.2 Å². The Morgan fingerprint density at radius 1 is 1.20 bits per heavy atom. The van der Waals surface area contributed by atoms with Crippen molar-refractivity contribution >= 4 is 28.3 Å². The van der Waals surface area contributed by atoms with E-state index in [-0.39, 0.29) is 11.6 Å². The molecule has 100 valence electrons. The van der Waals surface area contributed by atoms with Gasteiger partial charge >= 0.3 is 0 Å². The summed E-state index contributed by atoms with van der Waals surface area (Å²) in [6, 6.07) is 11.0. The van der Waals surface area contributed by atoms with Crippen LogP contribution in [0.5, 0.6) is 0 Å². The number of nitrogens with one attached hydrogen (secondary N) is 1. The molecule has 0 unspecified atom stereocenters. The molecular weight excluding hydrogens is 259 g/mol. The van der Waals surface area contributed by atoms with Crippen LogP contribution in [0.1, 0.15) is 10.4 Å². The number of nitrogen functional groups attached to an aromatic ring is 1. The smallest absolute Gasteiger partial charge is 0.259 e. The number of amides is 1. The number of nitrogens with two attached hydrogens (primary N) is 1. The van der Waals surface area contributed by atoms with Gasteiger partial charge in [0, 0.05) is 5.39 Å². The largest absolute Gasteiger partial charge is 0.463 e. The molecule has 0 bridgehead atoms. The number of benzene rings is 2. The molecule has 0 aliphatic carbocycles. The van der Waals surface area contributed by atoms with Crippen molar-refractivity contribution in [3.63, 3.8) is 0 Å². The molecule has 1 amide bonds. The van der Waals surface area contributed by atoms with Crippen molar-refractivity contribution in [2.24, 2.45) is 0 Å². The first-order valence-corrected chi connectivity index (χ1v) is 5.98. The fraction of sp³-hybridized carbons (Fsp3) is 0. The quantitative estimate of drug-likeness (QED) is 0.701. The lowest BCUT2D eigenvalue weighted by Crippen LogP contribution is -2.12. The number of fused-ring (bicyclic) bond motifs is 1. The van der Waals surface area contributed by atoms with Crippen LogP contribution in [0.3, 0.4) is 0 Å². The maximum atomic E-state index is 13.0. The molecule has 3 rings (SSSR count). The molecule has 0 aliphatic heterocycles. The predicted molar refractivity (Wildman–Crippen MR) is 75.0 cm³/mol. The molecule has 5 heteroatoms. The number of anilines is 2. The Bertz CT molecular complexity index is 795. The van der Waals surface area contributed by atoms with Crippen LogP contribution in [0.2, 0.25) is 0 Å². The second kappa shape index (κ2) is 4.70. The molecule has 3 aromatic rings. The van der Waals surface area contributed by atoms with E-state index < -0.39 is 5.82 Å². The van der Waals surface area contributed by atoms with Gasteiger partial charge in [-0.3, -0.25) is 4.79 Å². The number of rotatable bonds is 2. The number of carbonyl (C=O) groups is 1. The second-order valence-corrected chi connectivity index (χ2v) is 4.33. The second-order valence-electron chi connectivity index (χ2n) is 4.33. The van der Waals surface area contributed by atoms with Gasteiger partial charge in [0.25, 0.3) is 5.91 Å². The van der Waals surface area contributed by atoms with Crippen LogP contribution < -0.4 is 11.1 Å². The highest BCUT2D eigenvalue weighted by Gasteiger charge is 2.14. The first-order valence-electron chi connectivity index (χ1n) is 5.98. The van der Waals surface area contributed by atoms with Gasteiger partial charge in [0.1, 0.15) is 17.7 Å². The SMILES string of the molecule is Nc1cc(F)ccc1NC(=O)c1coc2ccccc12. The van der Waals surface area contributed by atoms with Crippen LogP contribution in [0.4, 0.5) is 15.8 Å². The highest BCUT2D eigenvalue weighted by Crippen LogP contribution is 2.24. The van der Waals surface area contributed by atoms with Crippen LogP contribution in [0, 0.1) is 5.82 Å². The minimum absolute atomic E-state index is 0.172. The van der Waals surface area contributed by atoms with Crippen molar-refractivity contribution in [1.29, 1.82) is 0 Å². The third-order valence-electron chi connectivity index (χ3n) is 2.99. The summed E-state index contributed by atoms with van der Waals surface area (Å²) in [7, 11) is 0. The summed E-state index contributed by atoms with van der Waals surface area (Å²) in [5.41, 5.74) is 7.23. The normalized spacial score (nSPS) is 10.7. The van der Waals surface area contributed by atoms with Crippen LogP contribution in [-0.2, 0) is 0 Å². The topological polar surface area (TPSA) is 68.3 Å². The molecule has 20 heavy (non-hydrogen) atoms. The van der Waals surface area contributed by atoms with E-state index in [2.05, 4.69) is 5.32 Å². The molecule has 0 saturated heterocycles. The van der Waals surface area contributed by atoms with Crippen LogP contribution >= 0.6 is 0 Å². The maximum Gasteiger partial charge on any atom is 0.259 e. The average Bonchev–Trinajstić information content (AvgIpc) is 2.86. The number of hydrogen-bond acceptors (Lipinski definition) is 3. The van der Waals surface area contributed by atoms with E-state index in [9.17, 15) is 9.18 Å². The summed E-state index contributed by atoms with van der Waals surface area (Å²) in [6.07, 6.45) is 1.39. The minimum atomic E-state index is -0.450. The highest BCUT2D eigenvalue weighted by molar-refractivity contribution is 6.13. The van der Waals surface area contributed by atoms with Gasteiger partial charge in [-0.1, -0.05) is 18.2 Å². The Labute approximate surface area is 114 Å². The lowest BCUT2D eigenvalue weighted by molar-refractivity contribution is 0.102. The summed E-state index contributed by atoms with van der Waals surface area (Å²) >= 11 is 0. The average molecular weight is 270 g/mol. The van der Waals surface area contributed by atoms with Gasteiger partial charge in [0.05, 0.1) is 16.9 Å². The fourth-order valence-corrected chi connectivity index (χ4v) is 1.99. The van der Waals surface area contributed by atoms with Gasteiger partial charge < -0.3 is 15.5 Å². The van der Waals surface area contributed by atoms with Crippen LogP contribution in [-0.4, -0.2) is 5.91 Å². The van der Waals surface area contributed by atoms with Gasteiger partial charge in [0.15, 0.2) is 0 Å². The number of halogens is 1. The van der Waals surface area contributed by atoms with Crippen molar-refractivity contribution < 1.29 is 13.6 Å². The molecule has 0 atom stereocenters. The maximum absolute atomic E-state index is 13.0. The Balaban J connectivity index is 1.93. The predicted octanol–water partition coefficient (Wildman–Crippen LogP) is 3.41. The first kappa shape index (κ1) is 12.2. The molecular formula is C15H11FN2O2. The minimum Gasteiger partial charge on any atom is -0.463 e. The zero-order chi connectivity index (χ0) is 14.1. The van der Waals surface area contributed by atoms with Gasteiger partial charge in [0.2, 0.25) is 0 Å². The number of furan rings is 1. The van der Waals surface area contributed by atoms with Crippen LogP contribution in [0.15, 0.2) is 53.1 Å². The summed E-state index contributed by atoms with van der Waals surface area (Å²) in [4.78, 5) is 12.2. The molecule has 0 spiro atoms. The Kier molecular flexibility index (Phi) is 2.87. The summed E-state index contributed by atoms with van der Waals surface area (Å²) < 4.78 is 18.3. The van der Waals surface area contributed by atoms with Gasteiger partial charge in [-0.05, 0) is 24.3 Å². The van der Waals surface area contributed by atoms with E-state index >= 15 is 0 Å². The first-order chi connectivity index (χ1) is 9.65. The number of carbonyl (C=O) groups excluding carboxylic acids is 1. The zero-order valence-corrected chi connectivity index (χ0v) is 10.4. The molecule has 3 N–H and O–H groups in total. The van der Waals surface area contributed by atoms with E-state index in [4.69, 9.17) is 10.2 Å². The van der Waals surface area contributed by atoms with E-state index in [1.165, 1.54) is 18.4 Å². The lowest BCUT2D eigenvalue weighted by atomic mass is 10.1. The molecule has 0 fully saturated rings. The van der Waals surface area contributed by atoms with Crippen molar-refractivity contribution in [2.75, 3.05) is 11.1 Å². The Hall–Kier alpha value is -2.82. The number of para-hydroxylation sites is 1. The number of hydrogen-bond donors (Lipinski definition) is 2. The summed E-state index contributed by atoms with van der Waals surface area (Å²) in [5, 5.41) is 3.35. The van der Waals surface area contributed by atoms with Crippen LogP contribution in [0.25, 0.3) is 11.0 Å². The van der Waals surface area contributed by atoms with Gasteiger partial charge in [-0.25, -0.2) is 4.39 Å². The molecule has 1 aromatic heterocycles. The molecule has 0 radical (unpaired) electrons. The molecule has 1 heterocycles. The lowest BCUT2D eigenvalue weighted by Gasteiger charge is -2.07. The fourth-order valence-electron chi connectivity index (χ4n) is 1.99. The molecule has 0 saturated carbocycles. The third kappa shape index (κ3) is 2.09. The zero-order valence-electron chi connectivity index (χ0n) is 10.4. The molecule has 2 aromatic carbocycles. The molecule has 4 nitrogen and oxygen atoms in total. The van der Waals surface area contributed by atoms with Crippen molar-refractivity contribution in [3.8, 4) is 0 Å². The van der Waals surface area contributed by atoms with Gasteiger partial charge in [-0.15, -0.1) is 0 Å². The van der Waals surface area contributed by atoms with Crippen molar-refractivity contribution in [3.05, 3.63) is 60.1 Å². The Morgan fingerprint density at radius 3 is 2.80 bits per heavy atom. The standard InChI is InChI=1S/C15H11FN2O2/c16-9-5-6-13(12(17)7-9)18-15(19)11-8-20-14-4-2-1-3-10(11)14/h1-8H,17H2,(H,18,19). The third-order valence-corrected chi connectivity index (χ3v) is 2.99. The van der Waals surface area contributed by atoms with E-state index in [1.807, 2.05) is 12.1 Å². The molecule has 0 aliphatic rings. The Morgan fingerprint density at radius 2 is 2.00 bits per heavy atom. The monoisotopic (exact) mass is 270 g/mol. The van der Waals surface area contributed by atoms with Crippen molar-refractivity contribution in [1.82, 2.24) is 0 Å². The van der Waals surface area contributed by atoms with E-state index in [1.54, 1.807) is 12.1 Å². The highest BCUT2D eigenvalue weighted by atomic mass is 19.1. The van der Waals surface area contributed by atoms with Gasteiger partial charge in [-0.2, -0.15) is 0 Å².